The predicted molar refractivity (Wildman–Crippen MR) is 88.2 cm³/mol. The van der Waals surface area contributed by atoms with Crippen LogP contribution in [0.4, 0.5) is 0 Å². The van der Waals surface area contributed by atoms with Gasteiger partial charge in [-0.2, -0.15) is 0 Å². The highest BCUT2D eigenvalue weighted by Crippen LogP contribution is 2.12. The van der Waals surface area contributed by atoms with Crippen LogP contribution in [0.15, 0.2) is 24.4 Å². The average molecular weight is 330 g/mol. The maximum Gasteiger partial charge on any atom is 0.251 e. The molecule has 1 saturated heterocycles. The van der Waals surface area contributed by atoms with Gasteiger partial charge in [-0.05, 0) is 38.3 Å². The minimum Gasteiger partial charge on any atom is -0.383 e. The van der Waals surface area contributed by atoms with E-state index in [2.05, 4.69) is 10.3 Å². The van der Waals surface area contributed by atoms with E-state index in [0.717, 1.165) is 29.9 Å². The number of aromatic nitrogens is 2. The molecule has 2 amide bonds. The van der Waals surface area contributed by atoms with E-state index in [-0.39, 0.29) is 18.4 Å². The zero-order chi connectivity index (χ0) is 17.1. The molecule has 2 aromatic rings. The van der Waals surface area contributed by atoms with E-state index in [1.165, 1.54) is 4.90 Å². The zero-order valence-electron chi connectivity index (χ0n) is 13.7. The van der Waals surface area contributed by atoms with Gasteiger partial charge in [0.05, 0.1) is 18.8 Å². The lowest BCUT2D eigenvalue weighted by Crippen LogP contribution is -2.44. The summed E-state index contributed by atoms with van der Waals surface area (Å²) in [6, 6.07) is 5.85. The van der Waals surface area contributed by atoms with Gasteiger partial charge in [-0.15, -0.1) is 0 Å². The van der Waals surface area contributed by atoms with E-state index in [1.54, 1.807) is 0 Å². The van der Waals surface area contributed by atoms with E-state index in [1.807, 2.05) is 35.7 Å². The van der Waals surface area contributed by atoms with E-state index in [4.69, 9.17) is 0 Å². The molecule has 2 N–H and O–H groups in total. The average Bonchev–Trinajstić information content (AvgIpc) is 2.92. The molecule has 7 heteroatoms. The van der Waals surface area contributed by atoms with E-state index in [0.29, 0.717) is 19.5 Å². The van der Waals surface area contributed by atoms with Crippen molar-refractivity contribution in [1.82, 2.24) is 19.6 Å². The van der Waals surface area contributed by atoms with Crippen molar-refractivity contribution in [2.45, 2.75) is 38.8 Å². The van der Waals surface area contributed by atoms with E-state index < -0.39 is 6.10 Å². The fraction of sp³-hybridized carbons (Fsp3) is 0.471. The van der Waals surface area contributed by atoms with Gasteiger partial charge in [-0.3, -0.25) is 9.59 Å². The smallest absolute Gasteiger partial charge is 0.251 e. The SMILES string of the molecule is Cc1cccc2nc(CNC(=O)CN3CCCCC(O)C3=O)cn12. The Labute approximate surface area is 140 Å². The summed E-state index contributed by atoms with van der Waals surface area (Å²) in [7, 11) is 0. The summed E-state index contributed by atoms with van der Waals surface area (Å²) in [5.74, 6) is -0.600. The number of aryl methyl sites for hydroxylation is 1. The van der Waals surface area contributed by atoms with Gasteiger partial charge >= 0.3 is 0 Å². The lowest BCUT2D eigenvalue weighted by Gasteiger charge is -2.21. The second-order valence-corrected chi connectivity index (χ2v) is 6.18. The third kappa shape index (κ3) is 3.56. The number of pyridine rings is 1. The third-order valence-corrected chi connectivity index (χ3v) is 4.30. The van der Waals surface area contributed by atoms with Crippen LogP contribution in [0.25, 0.3) is 5.65 Å². The first kappa shape index (κ1) is 16.4. The second-order valence-electron chi connectivity index (χ2n) is 6.18. The Bertz CT molecular complexity index is 755. The summed E-state index contributed by atoms with van der Waals surface area (Å²) in [5.41, 5.74) is 2.67. The van der Waals surface area contributed by atoms with Crippen LogP contribution in [-0.2, 0) is 16.1 Å². The zero-order valence-corrected chi connectivity index (χ0v) is 13.7. The van der Waals surface area contributed by atoms with Crippen LogP contribution < -0.4 is 5.32 Å². The Morgan fingerprint density at radius 3 is 3.04 bits per heavy atom. The highest BCUT2D eigenvalue weighted by molar-refractivity contribution is 5.87. The molecular weight excluding hydrogens is 308 g/mol. The highest BCUT2D eigenvalue weighted by atomic mass is 16.3. The molecule has 3 heterocycles. The number of aliphatic hydroxyl groups excluding tert-OH is 1. The molecule has 2 aromatic heterocycles. The van der Waals surface area contributed by atoms with Gasteiger partial charge in [0.25, 0.3) is 5.91 Å². The first-order valence-electron chi connectivity index (χ1n) is 8.22. The van der Waals surface area contributed by atoms with Crippen LogP contribution in [0, 0.1) is 6.92 Å². The summed E-state index contributed by atoms with van der Waals surface area (Å²) in [6.07, 6.45) is 2.98. The number of imidazole rings is 1. The van der Waals surface area contributed by atoms with Crippen LogP contribution >= 0.6 is 0 Å². The number of rotatable bonds is 4. The molecule has 0 aromatic carbocycles. The quantitative estimate of drug-likeness (QED) is 0.861. The van der Waals surface area contributed by atoms with Gasteiger partial charge in [-0.1, -0.05) is 6.07 Å². The van der Waals surface area contributed by atoms with Gasteiger partial charge in [-0.25, -0.2) is 4.98 Å². The Morgan fingerprint density at radius 2 is 2.25 bits per heavy atom. The first-order valence-corrected chi connectivity index (χ1v) is 8.22. The van der Waals surface area contributed by atoms with Crippen molar-refractivity contribution in [1.29, 1.82) is 0 Å². The van der Waals surface area contributed by atoms with Gasteiger partial charge in [0, 0.05) is 18.4 Å². The van der Waals surface area contributed by atoms with Crippen LogP contribution in [-0.4, -0.2) is 50.4 Å². The number of amides is 2. The van der Waals surface area contributed by atoms with Gasteiger partial charge < -0.3 is 19.7 Å². The van der Waals surface area contributed by atoms with Gasteiger partial charge in [0.1, 0.15) is 11.8 Å². The molecule has 1 aliphatic rings. The molecule has 3 rings (SSSR count). The molecule has 0 spiro atoms. The lowest BCUT2D eigenvalue weighted by molar-refractivity contribution is -0.142. The number of carbonyl (C=O) groups is 2. The number of aliphatic hydroxyl groups is 1. The largest absolute Gasteiger partial charge is 0.383 e. The van der Waals surface area contributed by atoms with Crippen molar-refractivity contribution in [3.63, 3.8) is 0 Å². The van der Waals surface area contributed by atoms with E-state index in [9.17, 15) is 14.7 Å². The Hall–Kier alpha value is -2.41. The number of nitrogens with zero attached hydrogens (tertiary/aromatic N) is 3. The topological polar surface area (TPSA) is 86.9 Å². The van der Waals surface area contributed by atoms with E-state index >= 15 is 0 Å². The number of hydrogen-bond acceptors (Lipinski definition) is 4. The normalized spacial score (nSPS) is 18.7. The van der Waals surface area contributed by atoms with Crippen LogP contribution in [0.1, 0.15) is 30.7 Å². The van der Waals surface area contributed by atoms with Crippen molar-refractivity contribution in [2.24, 2.45) is 0 Å². The van der Waals surface area contributed by atoms with Crippen molar-refractivity contribution in [3.05, 3.63) is 35.8 Å². The number of carbonyl (C=O) groups excluding carboxylic acids is 2. The van der Waals surface area contributed by atoms with Gasteiger partial charge in [0.15, 0.2) is 0 Å². The molecule has 1 aliphatic heterocycles. The minimum absolute atomic E-state index is 0.0255. The number of likely N-dealkylation sites (tertiary alicyclic amines) is 1. The molecule has 1 fully saturated rings. The molecule has 7 nitrogen and oxygen atoms in total. The highest BCUT2D eigenvalue weighted by Gasteiger charge is 2.26. The van der Waals surface area contributed by atoms with Crippen LogP contribution in [0.2, 0.25) is 0 Å². The maximum absolute atomic E-state index is 12.1. The number of nitrogens with one attached hydrogen (secondary N) is 1. The fourth-order valence-electron chi connectivity index (χ4n) is 2.94. The summed E-state index contributed by atoms with van der Waals surface area (Å²) in [5, 5.41) is 12.5. The summed E-state index contributed by atoms with van der Waals surface area (Å²) in [6.45, 7) is 2.79. The van der Waals surface area contributed by atoms with Crippen molar-refractivity contribution in [3.8, 4) is 0 Å². The standard InChI is InChI=1S/C17H22N4O3/c1-12-5-4-7-15-19-13(10-21(12)15)9-18-16(23)11-20-8-3-2-6-14(22)17(20)24/h4-5,7,10,14,22H,2-3,6,8-9,11H2,1H3,(H,18,23). The van der Waals surface area contributed by atoms with Crippen molar-refractivity contribution >= 4 is 17.5 Å². The summed E-state index contributed by atoms with van der Waals surface area (Å²) in [4.78, 5) is 30.0. The molecule has 0 saturated carbocycles. The fourth-order valence-corrected chi connectivity index (χ4v) is 2.94. The molecule has 128 valence electrons. The number of hydrogen-bond donors (Lipinski definition) is 2. The molecule has 1 atom stereocenters. The summed E-state index contributed by atoms with van der Waals surface area (Å²) >= 11 is 0. The first-order chi connectivity index (χ1) is 11.5. The second kappa shape index (κ2) is 7.00. The number of fused-ring (bicyclic) bond motifs is 1. The minimum atomic E-state index is -0.985. The van der Waals surface area contributed by atoms with Gasteiger partial charge in [0.2, 0.25) is 5.91 Å². The molecule has 0 radical (unpaired) electrons. The molecule has 1 unspecified atom stereocenters. The van der Waals surface area contributed by atoms with Crippen molar-refractivity contribution in [2.75, 3.05) is 13.1 Å². The lowest BCUT2D eigenvalue weighted by atomic mass is 10.2. The Morgan fingerprint density at radius 1 is 1.42 bits per heavy atom. The molecule has 0 aliphatic carbocycles. The molecule has 0 bridgehead atoms. The Balaban J connectivity index is 1.58. The van der Waals surface area contributed by atoms with Crippen LogP contribution in [0.3, 0.4) is 0 Å². The molecule has 24 heavy (non-hydrogen) atoms. The summed E-state index contributed by atoms with van der Waals surface area (Å²) < 4.78 is 1.97. The predicted octanol–water partition coefficient (Wildman–Crippen LogP) is 0.632. The Kier molecular flexibility index (Phi) is 4.80. The van der Waals surface area contributed by atoms with Crippen molar-refractivity contribution < 1.29 is 14.7 Å². The maximum atomic E-state index is 12.1. The van der Waals surface area contributed by atoms with Crippen LogP contribution in [0.5, 0.6) is 0 Å². The third-order valence-electron chi connectivity index (χ3n) is 4.30. The molecular formula is C17H22N4O3. The monoisotopic (exact) mass is 330 g/mol.